The molecular weight excluding hydrogens is 278 g/mol. The number of hydrogen-bond donors (Lipinski definition) is 3. The van der Waals surface area contributed by atoms with Gasteiger partial charge in [0.15, 0.2) is 0 Å². The lowest BCUT2D eigenvalue weighted by Gasteiger charge is -2.22. The number of hydrogen-bond acceptors (Lipinski definition) is 4. The molecule has 20 heavy (non-hydrogen) atoms. The van der Waals surface area contributed by atoms with Crippen LogP contribution in [-0.2, 0) is 16.8 Å². The molecule has 0 saturated heterocycles. The van der Waals surface area contributed by atoms with Gasteiger partial charge in [0.25, 0.3) is 10.2 Å². The van der Waals surface area contributed by atoms with Gasteiger partial charge in [0.2, 0.25) is 0 Å². The Balaban J connectivity index is 2.08. The second-order valence-corrected chi connectivity index (χ2v) is 6.57. The van der Waals surface area contributed by atoms with Crippen LogP contribution in [0.2, 0.25) is 0 Å². The molecule has 0 bridgehead atoms. The van der Waals surface area contributed by atoms with Gasteiger partial charge in [0.1, 0.15) is 0 Å². The summed E-state index contributed by atoms with van der Waals surface area (Å²) in [6.07, 6.45) is 5.25. The summed E-state index contributed by atoms with van der Waals surface area (Å²) >= 11 is 0. The average Bonchev–Trinajstić information content (AvgIpc) is 3.18. The zero-order chi connectivity index (χ0) is 14.6. The number of nitrogens with two attached hydrogens (primary N) is 1. The molecule has 0 amide bonds. The summed E-state index contributed by atoms with van der Waals surface area (Å²) in [6.45, 7) is 0.412. The van der Waals surface area contributed by atoms with E-state index < -0.39 is 10.2 Å². The third-order valence-corrected chi connectivity index (χ3v) is 4.57. The number of rotatable bonds is 8. The van der Waals surface area contributed by atoms with Crippen molar-refractivity contribution in [1.29, 1.82) is 5.41 Å². The fourth-order valence-electron chi connectivity index (χ4n) is 1.71. The summed E-state index contributed by atoms with van der Waals surface area (Å²) in [5.74, 6) is -0.0252. The molecule has 1 aliphatic carbocycles. The summed E-state index contributed by atoms with van der Waals surface area (Å²) in [5, 5.41) is 7.25. The van der Waals surface area contributed by atoms with Gasteiger partial charge < -0.3 is 5.73 Å². The Labute approximate surface area is 118 Å². The molecule has 4 N–H and O–H groups in total. The number of pyridine rings is 1. The van der Waals surface area contributed by atoms with E-state index in [1.165, 1.54) is 4.31 Å². The van der Waals surface area contributed by atoms with E-state index in [0.717, 1.165) is 18.4 Å². The van der Waals surface area contributed by atoms with Crippen molar-refractivity contribution in [2.24, 2.45) is 5.73 Å². The maximum atomic E-state index is 12.3. The molecule has 1 fully saturated rings. The lowest BCUT2D eigenvalue weighted by atomic mass is 10.3. The van der Waals surface area contributed by atoms with Crippen LogP contribution in [0.4, 0.5) is 0 Å². The molecule has 1 heterocycles. The summed E-state index contributed by atoms with van der Waals surface area (Å²) in [7, 11) is -3.55. The molecule has 1 aromatic heterocycles. The highest BCUT2D eigenvalue weighted by Crippen LogP contribution is 2.21. The van der Waals surface area contributed by atoms with Crippen LogP contribution in [0.15, 0.2) is 24.5 Å². The maximum Gasteiger partial charge on any atom is 0.280 e. The van der Waals surface area contributed by atoms with Crippen LogP contribution in [0.1, 0.15) is 24.8 Å². The molecule has 0 spiro atoms. The van der Waals surface area contributed by atoms with Crippen LogP contribution in [0.25, 0.3) is 0 Å². The number of aromatic nitrogens is 1. The van der Waals surface area contributed by atoms with Crippen molar-refractivity contribution < 1.29 is 8.42 Å². The first-order valence-corrected chi connectivity index (χ1v) is 7.90. The van der Waals surface area contributed by atoms with Gasteiger partial charge in [-0.2, -0.15) is 17.4 Å². The molecule has 1 aliphatic rings. The molecule has 0 atom stereocenters. The Morgan fingerprint density at radius 2 is 2.30 bits per heavy atom. The van der Waals surface area contributed by atoms with Gasteiger partial charge in [-0.15, -0.1) is 0 Å². The Morgan fingerprint density at radius 3 is 2.85 bits per heavy atom. The van der Waals surface area contributed by atoms with Gasteiger partial charge in [-0.1, -0.05) is 6.07 Å². The molecule has 1 saturated carbocycles. The molecule has 8 heteroatoms. The van der Waals surface area contributed by atoms with Crippen molar-refractivity contribution in [3.8, 4) is 0 Å². The standard InChI is InChI=1S/C12H19N5O2S/c13-12(14)5-7-17(9-10-2-1-6-15-8-10)20(18,19)16-11-3-4-11/h1-2,6,8,11,16H,3-5,7,9H2,(H3,13,14). The zero-order valence-corrected chi connectivity index (χ0v) is 11.9. The lowest BCUT2D eigenvalue weighted by molar-refractivity contribution is 0.405. The minimum absolute atomic E-state index is 0.0252. The van der Waals surface area contributed by atoms with E-state index in [9.17, 15) is 8.42 Å². The van der Waals surface area contributed by atoms with Crippen molar-refractivity contribution in [2.45, 2.75) is 31.8 Å². The monoisotopic (exact) mass is 297 g/mol. The van der Waals surface area contributed by atoms with Crippen molar-refractivity contribution >= 4 is 16.0 Å². The Hall–Kier alpha value is -1.51. The van der Waals surface area contributed by atoms with Crippen molar-refractivity contribution in [3.63, 3.8) is 0 Å². The van der Waals surface area contributed by atoms with Gasteiger partial charge in [0, 0.05) is 37.9 Å². The predicted molar refractivity (Wildman–Crippen MR) is 76.3 cm³/mol. The molecule has 7 nitrogen and oxygen atoms in total. The molecular formula is C12H19N5O2S. The molecule has 0 aromatic carbocycles. The van der Waals surface area contributed by atoms with Gasteiger partial charge in [-0.05, 0) is 24.5 Å². The average molecular weight is 297 g/mol. The van der Waals surface area contributed by atoms with E-state index >= 15 is 0 Å². The van der Waals surface area contributed by atoms with Crippen molar-refractivity contribution in [1.82, 2.24) is 14.0 Å². The van der Waals surface area contributed by atoms with Gasteiger partial charge in [0.05, 0.1) is 5.84 Å². The van der Waals surface area contributed by atoms with Gasteiger partial charge in [-0.3, -0.25) is 10.4 Å². The van der Waals surface area contributed by atoms with Crippen LogP contribution in [0, 0.1) is 5.41 Å². The minimum Gasteiger partial charge on any atom is -0.388 e. The van der Waals surface area contributed by atoms with Gasteiger partial charge >= 0.3 is 0 Å². The van der Waals surface area contributed by atoms with E-state index in [2.05, 4.69) is 9.71 Å². The van der Waals surface area contributed by atoms with E-state index in [4.69, 9.17) is 11.1 Å². The quantitative estimate of drug-likeness (QED) is 0.470. The highest BCUT2D eigenvalue weighted by atomic mass is 32.2. The minimum atomic E-state index is -3.55. The Morgan fingerprint density at radius 1 is 1.55 bits per heavy atom. The summed E-state index contributed by atoms with van der Waals surface area (Å²) < 4.78 is 28.5. The molecule has 0 unspecified atom stereocenters. The Bertz CT molecular complexity index is 556. The van der Waals surface area contributed by atoms with E-state index in [1.807, 2.05) is 6.07 Å². The molecule has 0 radical (unpaired) electrons. The van der Waals surface area contributed by atoms with Crippen molar-refractivity contribution in [2.75, 3.05) is 6.54 Å². The second-order valence-electron chi connectivity index (χ2n) is 4.87. The number of nitrogens with zero attached hydrogens (tertiary/aromatic N) is 2. The largest absolute Gasteiger partial charge is 0.388 e. The fourth-order valence-corrected chi connectivity index (χ4v) is 3.17. The SMILES string of the molecule is N=C(N)CCN(Cc1cccnc1)S(=O)(=O)NC1CC1. The van der Waals surface area contributed by atoms with Crippen molar-refractivity contribution in [3.05, 3.63) is 30.1 Å². The normalized spacial score (nSPS) is 15.4. The van der Waals surface area contributed by atoms with Crippen LogP contribution < -0.4 is 10.5 Å². The first-order valence-electron chi connectivity index (χ1n) is 6.46. The van der Waals surface area contributed by atoms with Crippen LogP contribution in [0.5, 0.6) is 0 Å². The van der Waals surface area contributed by atoms with Crippen LogP contribution in [-0.4, -0.2) is 36.1 Å². The van der Waals surface area contributed by atoms with E-state index in [-0.39, 0.29) is 31.4 Å². The summed E-state index contributed by atoms with van der Waals surface area (Å²) in [4.78, 5) is 3.98. The lowest BCUT2D eigenvalue weighted by Crippen LogP contribution is -2.42. The van der Waals surface area contributed by atoms with E-state index in [1.54, 1.807) is 18.5 Å². The summed E-state index contributed by atoms with van der Waals surface area (Å²) in [5.41, 5.74) is 6.12. The zero-order valence-electron chi connectivity index (χ0n) is 11.1. The predicted octanol–water partition coefficient (Wildman–Crippen LogP) is 0.206. The highest BCUT2D eigenvalue weighted by molar-refractivity contribution is 7.87. The fraction of sp³-hybridized carbons (Fsp3) is 0.500. The third kappa shape index (κ3) is 4.55. The molecule has 110 valence electrons. The molecule has 0 aliphatic heterocycles. The number of amidine groups is 1. The third-order valence-electron chi connectivity index (χ3n) is 2.95. The Kier molecular flexibility index (Phi) is 4.69. The molecule has 2 rings (SSSR count). The second kappa shape index (κ2) is 6.29. The van der Waals surface area contributed by atoms with E-state index in [0.29, 0.717) is 0 Å². The van der Waals surface area contributed by atoms with Gasteiger partial charge in [-0.25, -0.2) is 0 Å². The van der Waals surface area contributed by atoms with Crippen LogP contribution >= 0.6 is 0 Å². The number of nitrogens with one attached hydrogen (secondary N) is 2. The molecule has 1 aromatic rings. The summed E-state index contributed by atoms with van der Waals surface area (Å²) in [6, 6.07) is 3.63. The van der Waals surface area contributed by atoms with Crippen LogP contribution in [0.3, 0.4) is 0 Å². The topological polar surface area (TPSA) is 112 Å². The smallest absolute Gasteiger partial charge is 0.280 e. The maximum absolute atomic E-state index is 12.3. The highest BCUT2D eigenvalue weighted by Gasteiger charge is 2.31. The first kappa shape index (κ1) is 14.9. The first-order chi connectivity index (χ1) is 9.47.